The smallest absolute Gasteiger partial charge is 0.247 e. The highest BCUT2D eigenvalue weighted by atomic mass is 16.5. The Bertz CT molecular complexity index is 385. The number of para-hydroxylation sites is 2. The van der Waals surface area contributed by atoms with Gasteiger partial charge in [0.2, 0.25) is 5.84 Å². The van der Waals surface area contributed by atoms with E-state index < -0.39 is 0 Å². The first-order chi connectivity index (χ1) is 7.33. The number of nitrogens with two attached hydrogens (primary N) is 1. The van der Waals surface area contributed by atoms with Crippen molar-refractivity contribution in [2.45, 2.75) is 19.8 Å². The summed E-state index contributed by atoms with van der Waals surface area (Å²) in [5.41, 5.74) is 7.06. The van der Waals surface area contributed by atoms with Crippen molar-refractivity contribution in [1.82, 2.24) is 0 Å². The highest BCUT2D eigenvalue weighted by molar-refractivity contribution is 5.77. The van der Waals surface area contributed by atoms with Gasteiger partial charge in [-0.1, -0.05) is 12.1 Å². The standard InChI is InChI=1S/C12H16N2O/c1-2-15-11-7-4-3-6-10(11)14-9-5-8-12(14)13/h3-4,6-7,13H,2,5,8-9H2,1H3/p+1. The molecule has 15 heavy (non-hydrogen) atoms. The summed E-state index contributed by atoms with van der Waals surface area (Å²) in [6, 6.07) is 8.05. The Balaban J connectivity index is 2.38. The van der Waals surface area contributed by atoms with Crippen LogP contribution in [0.5, 0.6) is 5.75 Å². The highest BCUT2D eigenvalue weighted by Gasteiger charge is 2.21. The molecule has 1 aromatic carbocycles. The molecule has 0 atom stereocenters. The number of hydrogen-bond acceptors (Lipinski definition) is 2. The van der Waals surface area contributed by atoms with E-state index in [0.29, 0.717) is 6.61 Å². The van der Waals surface area contributed by atoms with Gasteiger partial charge in [0.05, 0.1) is 19.6 Å². The largest absolute Gasteiger partial charge is 0.489 e. The van der Waals surface area contributed by atoms with E-state index in [4.69, 9.17) is 10.5 Å². The van der Waals surface area contributed by atoms with Gasteiger partial charge in [0.1, 0.15) is 0 Å². The lowest BCUT2D eigenvalue weighted by atomic mass is 10.3. The Kier molecular flexibility index (Phi) is 2.90. The summed E-state index contributed by atoms with van der Waals surface area (Å²) in [5, 5.41) is 0. The fourth-order valence-corrected chi connectivity index (χ4v) is 1.93. The zero-order valence-corrected chi connectivity index (χ0v) is 9.07. The maximum Gasteiger partial charge on any atom is 0.247 e. The minimum atomic E-state index is 0.685. The molecule has 1 aromatic rings. The maximum atomic E-state index is 5.96. The molecule has 0 fully saturated rings. The van der Waals surface area contributed by atoms with Crippen LogP contribution >= 0.6 is 0 Å². The van der Waals surface area contributed by atoms with Crippen molar-refractivity contribution in [3.8, 4) is 5.75 Å². The molecule has 1 heterocycles. The number of rotatable bonds is 3. The van der Waals surface area contributed by atoms with Gasteiger partial charge in [-0.25, -0.2) is 4.58 Å². The van der Waals surface area contributed by atoms with Crippen molar-refractivity contribution in [3.63, 3.8) is 0 Å². The average molecular weight is 205 g/mol. The number of nitrogens with zero attached hydrogens (tertiary/aromatic N) is 1. The second-order valence-electron chi connectivity index (χ2n) is 3.65. The molecule has 3 heteroatoms. The Morgan fingerprint density at radius 1 is 1.40 bits per heavy atom. The molecule has 2 N–H and O–H groups in total. The molecule has 0 unspecified atom stereocenters. The highest BCUT2D eigenvalue weighted by Crippen LogP contribution is 2.28. The molecule has 0 spiro atoms. The summed E-state index contributed by atoms with van der Waals surface area (Å²) in [6.45, 7) is 3.68. The normalized spacial score (nSPS) is 15.8. The zero-order chi connectivity index (χ0) is 10.7. The minimum Gasteiger partial charge on any atom is -0.489 e. The number of benzene rings is 1. The third-order valence-electron chi connectivity index (χ3n) is 2.62. The molecule has 0 saturated heterocycles. The summed E-state index contributed by atoms with van der Waals surface area (Å²) in [7, 11) is 0. The number of amidine groups is 1. The first kappa shape index (κ1) is 10.0. The number of ether oxygens (including phenoxy) is 1. The van der Waals surface area contributed by atoms with Crippen molar-refractivity contribution < 1.29 is 9.31 Å². The number of hydrogen-bond donors (Lipinski definition) is 1. The Morgan fingerprint density at radius 3 is 2.87 bits per heavy atom. The molecule has 2 rings (SSSR count). The average Bonchev–Trinajstić information content (AvgIpc) is 2.66. The second-order valence-corrected chi connectivity index (χ2v) is 3.65. The van der Waals surface area contributed by atoms with Gasteiger partial charge in [0, 0.05) is 0 Å². The lowest BCUT2D eigenvalue weighted by molar-refractivity contribution is -0.432. The van der Waals surface area contributed by atoms with Gasteiger partial charge < -0.3 is 4.74 Å². The summed E-state index contributed by atoms with van der Waals surface area (Å²) >= 11 is 0. The predicted octanol–water partition coefficient (Wildman–Crippen LogP) is 1.88. The van der Waals surface area contributed by atoms with Gasteiger partial charge in [-0.05, 0) is 25.5 Å². The van der Waals surface area contributed by atoms with Crippen LogP contribution in [0.1, 0.15) is 19.8 Å². The third-order valence-corrected chi connectivity index (χ3v) is 2.62. The lowest BCUT2D eigenvalue weighted by Crippen LogP contribution is -2.19. The molecule has 0 aliphatic carbocycles. The lowest BCUT2D eigenvalue weighted by Gasteiger charge is -2.09. The first-order valence-electron chi connectivity index (χ1n) is 5.43. The van der Waals surface area contributed by atoms with Crippen LogP contribution in [-0.2, 0) is 0 Å². The third kappa shape index (κ3) is 1.96. The van der Waals surface area contributed by atoms with E-state index in [1.807, 2.05) is 25.1 Å². The molecule has 80 valence electrons. The molecule has 0 aromatic heterocycles. The van der Waals surface area contributed by atoms with E-state index in [2.05, 4.69) is 10.6 Å². The molecular formula is C12H17N2O+. The molecule has 0 saturated carbocycles. The molecule has 1 aliphatic rings. The van der Waals surface area contributed by atoms with Crippen molar-refractivity contribution >= 4 is 11.5 Å². The van der Waals surface area contributed by atoms with E-state index in [-0.39, 0.29) is 0 Å². The predicted molar refractivity (Wildman–Crippen MR) is 60.8 cm³/mol. The maximum absolute atomic E-state index is 5.96. The first-order valence-corrected chi connectivity index (χ1v) is 5.43. The van der Waals surface area contributed by atoms with Crippen LogP contribution < -0.4 is 10.5 Å². The molecular weight excluding hydrogens is 188 g/mol. The summed E-state index contributed by atoms with van der Waals surface area (Å²) < 4.78 is 7.73. The van der Waals surface area contributed by atoms with Crippen LogP contribution in [0.25, 0.3) is 0 Å². The Hall–Kier alpha value is -1.51. The minimum absolute atomic E-state index is 0.685. The van der Waals surface area contributed by atoms with Gasteiger partial charge >= 0.3 is 0 Å². The van der Waals surface area contributed by atoms with Gasteiger partial charge in [0.25, 0.3) is 0 Å². The molecule has 3 nitrogen and oxygen atoms in total. The van der Waals surface area contributed by atoms with Gasteiger partial charge in [-0.15, -0.1) is 0 Å². The van der Waals surface area contributed by atoms with Crippen molar-refractivity contribution in [1.29, 1.82) is 0 Å². The summed E-state index contributed by atoms with van der Waals surface area (Å²) in [6.07, 6.45) is 2.12. The fourth-order valence-electron chi connectivity index (χ4n) is 1.93. The SMILES string of the molecule is CCOc1ccccc1[N+]1=C(N)CCC1. The van der Waals surface area contributed by atoms with E-state index >= 15 is 0 Å². The van der Waals surface area contributed by atoms with Crippen LogP contribution in [0.2, 0.25) is 0 Å². The van der Waals surface area contributed by atoms with Crippen molar-refractivity contribution in [2.75, 3.05) is 13.2 Å². The van der Waals surface area contributed by atoms with Crippen LogP contribution in [0.15, 0.2) is 24.3 Å². The van der Waals surface area contributed by atoms with Crippen LogP contribution in [0, 0.1) is 0 Å². The second kappa shape index (κ2) is 4.34. The van der Waals surface area contributed by atoms with Crippen LogP contribution in [0.4, 0.5) is 5.69 Å². The van der Waals surface area contributed by atoms with E-state index in [1.54, 1.807) is 0 Å². The van der Waals surface area contributed by atoms with E-state index in [9.17, 15) is 0 Å². The topological polar surface area (TPSA) is 38.3 Å². The summed E-state index contributed by atoms with van der Waals surface area (Å²) in [5.74, 6) is 1.87. The zero-order valence-electron chi connectivity index (χ0n) is 9.07. The van der Waals surface area contributed by atoms with Crippen molar-refractivity contribution in [3.05, 3.63) is 24.3 Å². The molecule has 0 radical (unpaired) electrons. The molecule has 0 amide bonds. The monoisotopic (exact) mass is 205 g/mol. The fraction of sp³-hybridized carbons (Fsp3) is 0.417. The molecule has 0 bridgehead atoms. The van der Waals surface area contributed by atoms with E-state index in [0.717, 1.165) is 36.7 Å². The van der Waals surface area contributed by atoms with E-state index in [1.165, 1.54) is 0 Å². The quantitative estimate of drug-likeness (QED) is 0.765. The Labute approximate surface area is 90.2 Å². The van der Waals surface area contributed by atoms with Gasteiger partial charge in [0.15, 0.2) is 11.4 Å². The summed E-state index contributed by atoms with van der Waals surface area (Å²) in [4.78, 5) is 0. The molecule has 1 aliphatic heterocycles. The van der Waals surface area contributed by atoms with Gasteiger partial charge in [-0.2, -0.15) is 0 Å². The van der Waals surface area contributed by atoms with Crippen LogP contribution in [0.3, 0.4) is 0 Å². The van der Waals surface area contributed by atoms with Crippen LogP contribution in [-0.4, -0.2) is 23.6 Å². The van der Waals surface area contributed by atoms with Crippen molar-refractivity contribution in [2.24, 2.45) is 5.73 Å². The van der Waals surface area contributed by atoms with Gasteiger partial charge in [-0.3, -0.25) is 5.73 Å². The Morgan fingerprint density at radius 2 is 2.20 bits per heavy atom.